The maximum Gasteiger partial charge on any atom is 0 e. The molecule has 2 aromatic carbocycles. The summed E-state index contributed by atoms with van der Waals surface area (Å²) in [5.41, 5.74) is 1.63. The first kappa shape index (κ1) is 38.5. The summed E-state index contributed by atoms with van der Waals surface area (Å²) in [6, 6.07) is 10.8. The zero-order valence-electron chi connectivity index (χ0n) is 20.6. The van der Waals surface area contributed by atoms with Crippen molar-refractivity contribution in [1.82, 2.24) is 10.2 Å². The zero-order valence-corrected chi connectivity index (χ0v) is 30.7. The van der Waals surface area contributed by atoms with Crippen LogP contribution in [0.25, 0.3) is 10.8 Å². The number of carbonyl (C=O) groups excluding carboxylic acids is 2. The first-order valence-electron chi connectivity index (χ1n) is 10.7. The fraction of sp³-hybridized carbons (Fsp3) is 0.455. The molecule has 1 aliphatic rings. The Bertz CT molecular complexity index is 1060. The molecule has 2 aromatic rings. The van der Waals surface area contributed by atoms with Gasteiger partial charge in [0.15, 0.2) is 0 Å². The van der Waals surface area contributed by atoms with Gasteiger partial charge in [-0.25, -0.2) is 0 Å². The summed E-state index contributed by atoms with van der Waals surface area (Å²) in [7, 11) is -3.10. The van der Waals surface area contributed by atoms with Crippen molar-refractivity contribution < 1.29 is 91.2 Å². The van der Waals surface area contributed by atoms with Crippen LogP contribution in [-0.2, 0) is 62.2 Å². The SMILES string of the molecule is CC(NC(=O)c1cccc2cccc(C(C)C)c12)C(=O)N1CCCC1B(O)O.C[S-].N=[S-](F)=[W].[U].[V]. The van der Waals surface area contributed by atoms with Crippen molar-refractivity contribution in [2.45, 2.75) is 51.5 Å². The summed E-state index contributed by atoms with van der Waals surface area (Å²) in [5.74, 6) is -0.960. The molecule has 2 amide bonds. The molecule has 14 heteroatoms. The number of likely N-dealkylation sites (tertiary alicyclic amines) is 1. The van der Waals surface area contributed by atoms with Gasteiger partial charge in [-0.1, -0.05) is 44.2 Å². The minimum Gasteiger partial charge on any atom is 0 e. The van der Waals surface area contributed by atoms with E-state index in [2.05, 4.69) is 31.8 Å². The molecule has 7 nitrogen and oxygen atoms in total. The smallest absolute Gasteiger partial charge is 0 e. The van der Waals surface area contributed by atoms with Crippen molar-refractivity contribution in [3.05, 3.63) is 47.5 Å². The Hall–Kier alpha value is 0.380. The summed E-state index contributed by atoms with van der Waals surface area (Å²) in [6.07, 6.45) is 2.85. The predicted octanol–water partition coefficient (Wildman–Crippen LogP) is 2.96. The molecule has 1 fully saturated rings. The third-order valence-corrected chi connectivity index (χ3v) is 5.45. The average molecular weight is 968 g/mol. The molecule has 1 aliphatic heterocycles. The van der Waals surface area contributed by atoms with Gasteiger partial charge in [-0.05, 0) is 48.1 Å². The van der Waals surface area contributed by atoms with Crippen LogP contribution in [0.15, 0.2) is 36.4 Å². The van der Waals surface area contributed by atoms with Crippen molar-refractivity contribution >= 4 is 50.6 Å². The second-order valence-electron chi connectivity index (χ2n) is 7.98. The van der Waals surface area contributed by atoms with E-state index >= 15 is 0 Å². The third-order valence-electron chi connectivity index (χ3n) is 5.45. The molecule has 197 valence electrons. The van der Waals surface area contributed by atoms with Gasteiger partial charge < -0.3 is 32.9 Å². The van der Waals surface area contributed by atoms with Crippen molar-refractivity contribution in [3.63, 3.8) is 0 Å². The van der Waals surface area contributed by atoms with Crippen LogP contribution in [0.4, 0.5) is 3.89 Å². The molecule has 1 heterocycles. The van der Waals surface area contributed by atoms with Gasteiger partial charge in [0.1, 0.15) is 6.04 Å². The first-order valence-corrected chi connectivity index (χ1v) is 16.2. The molecule has 4 N–H and O–H groups in total. The second-order valence-corrected chi connectivity index (χ2v) is 11.6. The number of hydrogen-bond donors (Lipinski definition) is 4. The van der Waals surface area contributed by atoms with Crippen LogP contribution in [0, 0.1) is 35.9 Å². The van der Waals surface area contributed by atoms with Crippen LogP contribution in [0.5, 0.6) is 0 Å². The summed E-state index contributed by atoms with van der Waals surface area (Å²) in [6.45, 7) is 6.27. The normalized spacial score (nSPS) is 14.9. The van der Waals surface area contributed by atoms with E-state index in [1.807, 2.05) is 30.3 Å². The summed E-state index contributed by atoms with van der Waals surface area (Å²) in [5, 5.41) is 23.7. The maximum absolute atomic E-state index is 13.0. The fourth-order valence-electron chi connectivity index (χ4n) is 4.00. The van der Waals surface area contributed by atoms with Crippen LogP contribution >= 0.6 is 0 Å². The second kappa shape index (κ2) is 19.4. The van der Waals surface area contributed by atoms with Gasteiger partial charge in [0.25, 0.3) is 5.91 Å². The molecule has 36 heavy (non-hydrogen) atoms. The topological polar surface area (TPSA) is 114 Å². The van der Waals surface area contributed by atoms with E-state index in [1.54, 1.807) is 19.2 Å². The molecule has 3 rings (SSSR count). The standard InChI is InChI=1S/C21H27BN2O4.CH4S.FHNS.U.V.W/c1-13(2)16-9-4-7-15-8-5-10-17(19(15)16)20(25)23-14(3)21(26)24-12-6-11-18(24)22(27)28;1-2;1-3-2;;;/h4-5,7-10,13-14,18,27-28H,6,11-12H2,1-3H3,(H,23,25);2H,1H3;2H;;;/q;;+1;;;-2/p-1. The van der Waals surface area contributed by atoms with Crippen LogP contribution in [0.1, 0.15) is 55.5 Å². The minimum atomic E-state index is -1.57. The molecule has 1 saturated heterocycles. The Morgan fingerprint density at radius 1 is 1.22 bits per heavy atom. The molecule has 0 aliphatic carbocycles. The average Bonchev–Trinajstić information content (AvgIpc) is 3.28. The number of fused-ring (bicyclic) bond motifs is 1. The number of nitrogens with one attached hydrogen (secondary N) is 2. The Balaban J connectivity index is 0. The van der Waals surface area contributed by atoms with E-state index < -0.39 is 27.4 Å². The maximum atomic E-state index is 13.0. The van der Waals surface area contributed by atoms with Gasteiger partial charge in [0.05, 0.1) is 5.94 Å². The molecule has 0 aromatic heterocycles. The number of carbonyl (C=O) groups is 2. The number of rotatable bonds is 5. The first-order chi connectivity index (χ1) is 16.0. The fourth-order valence-corrected chi connectivity index (χ4v) is 4.00. The van der Waals surface area contributed by atoms with Crippen molar-refractivity contribution in [2.24, 2.45) is 0 Å². The van der Waals surface area contributed by atoms with E-state index in [-0.39, 0.29) is 67.4 Å². The van der Waals surface area contributed by atoms with Crippen LogP contribution in [0.2, 0.25) is 0 Å². The molecular weight excluding hydrogens is 937 g/mol. The van der Waals surface area contributed by atoms with E-state index in [4.69, 9.17) is 4.78 Å². The van der Waals surface area contributed by atoms with Gasteiger partial charge in [0, 0.05) is 61.8 Å². The van der Waals surface area contributed by atoms with Crippen LogP contribution < -0.4 is 5.32 Å². The summed E-state index contributed by atoms with van der Waals surface area (Å²) < 4.78 is 16.7. The van der Waals surface area contributed by atoms with Gasteiger partial charge in [0.2, 0.25) is 5.91 Å². The molecule has 2 unspecified atom stereocenters. The number of hydrogen-bond acceptors (Lipinski definition) is 7. The van der Waals surface area contributed by atoms with E-state index in [1.165, 1.54) is 4.90 Å². The third kappa shape index (κ3) is 11.2. The Labute approximate surface area is 266 Å². The molecule has 1 radical (unpaired) electrons. The zero-order chi connectivity index (χ0) is 26.0. The minimum absolute atomic E-state index is 0. The van der Waals surface area contributed by atoms with Crippen LogP contribution in [0.3, 0.4) is 0 Å². The summed E-state index contributed by atoms with van der Waals surface area (Å²) in [4.78, 5) is 27.2. The van der Waals surface area contributed by atoms with E-state index in [0.717, 1.165) is 22.8 Å². The molecule has 0 spiro atoms. The van der Waals surface area contributed by atoms with Gasteiger partial charge in [-0.2, -0.15) is 6.26 Å². The Morgan fingerprint density at radius 3 is 2.25 bits per heavy atom. The van der Waals surface area contributed by atoms with Gasteiger partial charge in [-0.15, -0.1) is 0 Å². The molecule has 2 atom stereocenters. The predicted molar refractivity (Wildman–Crippen MR) is 134 cm³/mol. The number of nitrogens with zero attached hydrogens (tertiary/aromatic N) is 1. The van der Waals surface area contributed by atoms with Gasteiger partial charge >= 0.3 is 42.0 Å². The van der Waals surface area contributed by atoms with Crippen molar-refractivity contribution in [2.75, 3.05) is 12.8 Å². The number of halogens is 1. The van der Waals surface area contributed by atoms with E-state index in [0.29, 0.717) is 36.5 Å². The molecule has 0 saturated carbocycles. The monoisotopic (exact) mass is 968 g/mol. The number of amides is 2. The summed E-state index contributed by atoms with van der Waals surface area (Å²) >= 11 is 4.79. The van der Waals surface area contributed by atoms with Gasteiger partial charge in [-0.3, -0.25) is 9.59 Å². The number of benzene rings is 2. The van der Waals surface area contributed by atoms with Crippen LogP contribution in [-0.4, -0.2) is 58.7 Å². The Morgan fingerprint density at radius 2 is 1.75 bits per heavy atom. The Kier molecular flexibility index (Phi) is 20.8. The molecule has 0 bridgehead atoms. The van der Waals surface area contributed by atoms with E-state index in [9.17, 15) is 23.5 Å². The van der Waals surface area contributed by atoms with Crippen molar-refractivity contribution in [3.8, 4) is 0 Å². The quantitative estimate of drug-likeness (QED) is 0.272. The largest absolute Gasteiger partial charge is 0 e. The molecular formula is C22H31BFN3O4S2UVW-2. The van der Waals surface area contributed by atoms with Crippen molar-refractivity contribution in [1.29, 1.82) is 4.78 Å².